The molecule has 0 aliphatic carbocycles. The molecule has 11 heavy (non-hydrogen) atoms. The molecule has 0 spiro atoms. The van der Waals surface area contributed by atoms with Gasteiger partial charge in [-0.05, 0) is 31.8 Å². The van der Waals surface area contributed by atoms with E-state index in [9.17, 15) is 0 Å². The Bertz CT molecular complexity index is 209. The molecule has 0 aromatic heterocycles. The van der Waals surface area contributed by atoms with Crippen LogP contribution in [0, 0.1) is 5.92 Å². The Morgan fingerprint density at radius 1 is 1.27 bits per heavy atom. The van der Waals surface area contributed by atoms with Gasteiger partial charge in [0, 0.05) is 12.3 Å². The van der Waals surface area contributed by atoms with Crippen molar-refractivity contribution in [2.45, 2.75) is 34.1 Å². The molecule has 0 radical (unpaired) electrons. The fraction of sp³-hybridized carbons (Fsp3) is 0.700. The second-order valence-corrected chi connectivity index (χ2v) is 3.57. The zero-order chi connectivity index (χ0) is 8.43. The van der Waals surface area contributed by atoms with Crippen LogP contribution in [-0.4, -0.2) is 12.3 Å². The highest BCUT2D eigenvalue weighted by Crippen LogP contribution is 2.22. The second kappa shape index (κ2) is 3.21. The minimum Gasteiger partial charge on any atom is -0.289 e. The fourth-order valence-corrected chi connectivity index (χ4v) is 1.83. The van der Waals surface area contributed by atoms with E-state index < -0.39 is 0 Å². The van der Waals surface area contributed by atoms with Crippen LogP contribution in [0.4, 0.5) is 0 Å². The summed E-state index contributed by atoms with van der Waals surface area (Å²) in [5.74, 6) is 0.638. The van der Waals surface area contributed by atoms with Gasteiger partial charge in [-0.1, -0.05) is 19.4 Å². The average molecular weight is 151 g/mol. The summed E-state index contributed by atoms with van der Waals surface area (Å²) in [5.41, 5.74) is 4.27. The molecule has 0 saturated carbocycles. The van der Waals surface area contributed by atoms with E-state index in [2.05, 4.69) is 32.7 Å². The summed E-state index contributed by atoms with van der Waals surface area (Å²) in [5, 5.41) is 0. The molecular formula is C10H17N. The van der Waals surface area contributed by atoms with Crippen LogP contribution < -0.4 is 0 Å². The summed E-state index contributed by atoms with van der Waals surface area (Å²) < 4.78 is 0. The maximum absolute atomic E-state index is 4.44. The molecule has 1 rings (SSSR count). The average Bonchev–Trinajstić information content (AvgIpc) is 1.85. The molecule has 0 unspecified atom stereocenters. The topological polar surface area (TPSA) is 12.4 Å². The van der Waals surface area contributed by atoms with Crippen LogP contribution >= 0.6 is 0 Å². The van der Waals surface area contributed by atoms with E-state index in [0.717, 1.165) is 13.0 Å². The van der Waals surface area contributed by atoms with Gasteiger partial charge in [0.1, 0.15) is 0 Å². The van der Waals surface area contributed by atoms with Gasteiger partial charge in [0.2, 0.25) is 0 Å². The van der Waals surface area contributed by atoms with Crippen molar-refractivity contribution in [2.75, 3.05) is 6.54 Å². The van der Waals surface area contributed by atoms with E-state index in [1.807, 2.05) is 0 Å². The van der Waals surface area contributed by atoms with Crippen molar-refractivity contribution in [3.05, 3.63) is 11.1 Å². The largest absolute Gasteiger partial charge is 0.289 e. The van der Waals surface area contributed by atoms with Crippen molar-refractivity contribution >= 4 is 5.71 Å². The summed E-state index contributed by atoms with van der Waals surface area (Å²) >= 11 is 0. The van der Waals surface area contributed by atoms with Crippen molar-refractivity contribution in [3.8, 4) is 0 Å². The molecule has 0 aromatic rings. The zero-order valence-electron chi connectivity index (χ0n) is 7.94. The zero-order valence-corrected chi connectivity index (χ0v) is 7.94. The lowest BCUT2D eigenvalue weighted by molar-refractivity contribution is 0.760. The molecule has 1 aliphatic heterocycles. The first kappa shape index (κ1) is 8.51. The number of allylic oxidation sites excluding steroid dienone is 1. The summed E-state index contributed by atoms with van der Waals surface area (Å²) in [7, 11) is 0. The Morgan fingerprint density at radius 3 is 2.27 bits per heavy atom. The fourth-order valence-electron chi connectivity index (χ4n) is 1.83. The van der Waals surface area contributed by atoms with E-state index in [1.54, 1.807) is 0 Å². The number of hydrogen-bond donors (Lipinski definition) is 0. The molecular weight excluding hydrogens is 134 g/mol. The van der Waals surface area contributed by atoms with Crippen LogP contribution in [0.2, 0.25) is 0 Å². The van der Waals surface area contributed by atoms with Gasteiger partial charge >= 0.3 is 0 Å². The van der Waals surface area contributed by atoms with E-state index in [1.165, 1.54) is 16.9 Å². The normalized spacial score (nSPS) is 19.2. The minimum atomic E-state index is 0.638. The third-order valence-corrected chi connectivity index (χ3v) is 2.26. The van der Waals surface area contributed by atoms with Gasteiger partial charge in [0.05, 0.1) is 0 Å². The Labute approximate surface area is 69.2 Å². The molecule has 62 valence electrons. The molecule has 0 saturated heterocycles. The Hall–Kier alpha value is -0.590. The van der Waals surface area contributed by atoms with Crippen molar-refractivity contribution in [3.63, 3.8) is 0 Å². The highest BCUT2D eigenvalue weighted by molar-refractivity contribution is 5.99. The molecule has 0 N–H and O–H groups in total. The number of nitrogens with zero attached hydrogens (tertiary/aromatic N) is 1. The Kier molecular flexibility index (Phi) is 2.48. The Balaban J connectivity index is 2.94. The highest BCUT2D eigenvalue weighted by atomic mass is 14.7. The van der Waals surface area contributed by atoms with Gasteiger partial charge < -0.3 is 0 Å². The van der Waals surface area contributed by atoms with Crippen molar-refractivity contribution in [1.82, 2.24) is 0 Å². The van der Waals surface area contributed by atoms with Gasteiger partial charge in [-0.3, -0.25) is 4.99 Å². The van der Waals surface area contributed by atoms with Crippen LogP contribution in [0.25, 0.3) is 0 Å². The SMILES string of the molecule is CC1=NCCC(C)=C1C(C)C. The maximum Gasteiger partial charge on any atom is 0.0429 e. The van der Waals surface area contributed by atoms with E-state index in [4.69, 9.17) is 0 Å². The van der Waals surface area contributed by atoms with Gasteiger partial charge in [-0.2, -0.15) is 0 Å². The maximum atomic E-state index is 4.44. The molecule has 1 nitrogen and oxygen atoms in total. The second-order valence-electron chi connectivity index (χ2n) is 3.57. The lowest BCUT2D eigenvalue weighted by atomic mass is 9.91. The van der Waals surface area contributed by atoms with E-state index in [-0.39, 0.29) is 0 Å². The molecule has 0 fully saturated rings. The summed E-state index contributed by atoms with van der Waals surface area (Å²) in [6, 6.07) is 0. The summed E-state index contributed by atoms with van der Waals surface area (Å²) in [6.45, 7) is 9.83. The van der Waals surface area contributed by atoms with Crippen molar-refractivity contribution in [2.24, 2.45) is 10.9 Å². The first-order valence-electron chi connectivity index (χ1n) is 4.34. The molecule has 0 atom stereocenters. The molecule has 0 bridgehead atoms. The van der Waals surface area contributed by atoms with Gasteiger partial charge in [0.15, 0.2) is 0 Å². The highest BCUT2D eigenvalue weighted by Gasteiger charge is 2.13. The van der Waals surface area contributed by atoms with Crippen LogP contribution in [0.3, 0.4) is 0 Å². The lowest BCUT2D eigenvalue weighted by Gasteiger charge is -2.19. The Morgan fingerprint density at radius 2 is 1.91 bits per heavy atom. The molecule has 0 amide bonds. The predicted molar refractivity (Wildman–Crippen MR) is 50.1 cm³/mol. The quantitative estimate of drug-likeness (QED) is 0.546. The third-order valence-electron chi connectivity index (χ3n) is 2.26. The minimum absolute atomic E-state index is 0.638. The molecule has 0 aromatic carbocycles. The summed E-state index contributed by atoms with van der Waals surface area (Å²) in [4.78, 5) is 4.44. The van der Waals surface area contributed by atoms with E-state index >= 15 is 0 Å². The summed E-state index contributed by atoms with van der Waals surface area (Å²) in [6.07, 6.45) is 1.16. The smallest absolute Gasteiger partial charge is 0.0429 e. The molecule has 1 heterocycles. The van der Waals surface area contributed by atoms with Gasteiger partial charge in [-0.25, -0.2) is 0 Å². The first-order valence-corrected chi connectivity index (χ1v) is 4.34. The van der Waals surface area contributed by atoms with Crippen LogP contribution in [0.15, 0.2) is 16.1 Å². The van der Waals surface area contributed by atoms with Crippen LogP contribution in [0.5, 0.6) is 0 Å². The van der Waals surface area contributed by atoms with Crippen LogP contribution in [-0.2, 0) is 0 Å². The number of rotatable bonds is 1. The first-order chi connectivity index (χ1) is 5.13. The third kappa shape index (κ3) is 1.70. The van der Waals surface area contributed by atoms with Crippen molar-refractivity contribution in [1.29, 1.82) is 0 Å². The van der Waals surface area contributed by atoms with Gasteiger partial charge in [0.25, 0.3) is 0 Å². The standard InChI is InChI=1S/C10H17N/c1-7(2)10-8(3)5-6-11-9(10)4/h7H,5-6H2,1-4H3. The van der Waals surface area contributed by atoms with Crippen LogP contribution in [0.1, 0.15) is 34.1 Å². The number of hydrogen-bond acceptors (Lipinski definition) is 1. The predicted octanol–water partition coefficient (Wildman–Crippen LogP) is 2.82. The lowest BCUT2D eigenvalue weighted by Crippen LogP contribution is -2.12. The number of dihydropyridines is 1. The number of aliphatic imine (C=N–C) groups is 1. The van der Waals surface area contributed by atoms with E-state index in [0.29, 0.717) is 5.92 Å². The van der Waals surface area contributed by atoms with Gasteiger partial charge in [-0.15, -0.1) is 0 Å². The van der Waals surface area contributed by atoms with Crippen molar-refractivity contribution < 1.29 is 0 Å². The monoisotopic (exact) mass is 151 g/mol. The molecule has 1 aliphatic rings. The molecule has 1 heteroatoms.